The zero-order chi connectivity index (χ0) is 11.8. The summed E-state index contributed by atoms with van der Waals surface area (Å²) in [7, 11) is 3.10. The first-order valence-corrected chi connectivity index (χ1v) is 5.38. The van der Waals surface area contributed by atoms with Crippen LogP contribution in [-0.2, 0) is 5.41 Å². The topological polar surface area (TPSA) is 42.2 Å². The molecule has 0 N–H and O–H groups in total. The van der Waals surface area contributed by atoms with E-state index in [1.54, 1.807) is 20.3 Å². The number of nitrogens with zero attached hydrogens (tertiary/aromatic N) is 1. The predicted molar refractivity (Wildman–Crippen MR) is 61.1 cm³/mol. The first-order valence-electron chi connectivity index (χ1n) is 5.01. The number of hydrogen-bond acceptors (Lipinski definition) is 3. The van der Waals surface area contributed by atoms with Gasteiger partial charge in [0.1, 0.15) is 0 Å². The smallest absolute Gasteiger partial charge is 0.179 e. The van der Waals surface area contributed by atoms with Gasteiger partial charge in [0.2, 0.25) is 0 Å². The van der Waals surface area contributed by atoms with Gasteiger partial charge in [-0.3, -0.25) is 0 Å². The molecule has 0 atom stereocenters. The maximum absolute atomic E-state index is 9.14. The molecule has 0 aliphatic heterocycles. The zero-order valence-electron chi connectivity index (χ0n) is 9.21. The van der Waals surface area contributed by atoms with Gasteiger partial charge >= 0.3 is 0 Å². The molecule has 0 unspecified atom stereocenters. The fourth-order valence-corrected chi connectivity index (χ4v) is 2.24. The second-order valence-corrected chi connectivity index (χ2v) is 4.23. The number of nitriles is 1. The van der Waals surface area contributed by atoms with E-state index in [9.17, 15) is 0 Å². The number of ether oxygens (including phenoxy) is 2. The Hall–Kier alpha value is -1.40. The standard InChI is InChI=1S/C12H12ClNO2/c1-15-9-4-3-8(10(13)11(9)16-2)12(7-14)5-6-12/h3-4H,5-6H2,1-2H3. The Morgan fingerprint density at radius 2 is 2.00 bits per heavy atom. The molecule has 1 saturated carbocycles. The third-order valence-electron chi connectivity index (χ3n) is 2.96. The quantitative estimate of drug-likeness (QED) is 0.812. The van der Waals surface area contributed by atoms with Gasteiger partial charge in [0.15, 0.2) is 11.5 Å². The number of rotatable bonds is 3. The van der Waals surface area contributed by atoms with Gasteiger partial charge in [-0.1, -0.05) is 17.7 Å². The van der Waals surface area contributed by atoms with Crippen molar-refractivity contribution in [3.63, 3.8) is 0 Å². The summed E-state index contributed by atoms with van der Waals surface area (Å²) in [5.74, 6) is 1.09. The van der Waals surface area contributed by atoms with Crippen LogP contribution in [0.25, 0.3) is 0 Å². The molecule has 1 fully saturated rings. The summed E-state index contributed by atoms with van der Waals surface area (Å²) >= 11 is 6.24. The molecule has 0 bridgehead atoms. The molecular formula is C12H12ClNO2. The summed E-state index contributed by atoms with van der Waals surface area (Å²) in [4.78, 5) is 0. The summed E-state index contributed by atoms with van der Waals surface area (Å²) in [5.41, 5.74) is 0.436. The van der Waals surface area contributed by atoms with Crippen molar-refractivity contribution in [1.82, 2.24) is 0 Å². The Kier molecular flexibility index (Phi) is 2.69. The lowest BCUT2D eigenvalue weighted by molar-refractivity contribution is 0.354. The van der Waals surface area contributed by atoms with E-state index >= 15 is 0 Å². The number of methoxy groups -OCH3 is 2. The van der Waals surface area contributed by atoms with Crippen LogP contribution < -0.4 is 9.47 Å². The van der Waals surface area contributed by atoms with Crippen LogP contribution in [-0.4, -0.2) is 14.2 Å². The highest BCUT2D eigenvalue weighted by atomic mass is 35.5. The molecule has 0 amide bonds. The number of hydrogen-bond donors (Lipinski definition) is 0. The first kappa shape index (κ1) is 11.1. The van der Waals surface area contributed by atoms with Crippen LogP contribution in [0, 0.1) is 11.3 Å². The molecule has 1 aromatic rings. The van der Waals surface area contributed by atoms with Gasteiger partial charge in [-0.15, -0.1) is 0 Å². The zero-order valence-corrected chi connectivity index (χ0v) is 9.97. The van der Waals surface area contributed by atoms with Crippen LogP contribution in [0.2, 0.25) is 5.02 Å². The van der Waals surface area contributed by atoms with Crippen molar-refractivity contribution in [1.29, 1.82) is 5.26 Å². The molecule has 84 valence electrons. The maximum atomic E-state index is 9.14. The molecule has 4 heteroatoms. The van der Waals surface area contributed by atoms with E-state index in [0.29, 0.717) is 16.5 Å². The molecule has 0 aromatic heterocycles. The van der Waals surface area contributed by atoms with E-state index < -0.39 is 5.41 Å². The van der Waals surface area contributed by atoms with Crippen molar-refractivity contribution in [2.75, 3.05) is 14.2 Å². The van der Waals surface area contributed by atoms with Gasteiger partial charge in [0, 0.05) is 0 Å². The Balaban J connectivity index is 2.54. The summed E-state index contributed by atoms with van der Waals surface area (Å²) in [6.45, 7) is 0. The molecule has 1 aromatic carbocycles. The third-order valence-corrected chi connectivity index (χ3v) is 3.34. The van der Waals surface area contributed by atoms with E-state index in [4.69, 9.17) is 26.3 Å². The van der Waals surface area contributed by atoms with Crippen molar-refractivity contribution in [3.05, 3.63) is 22.7 Å². The van der Waals surface area contributed by atoms with E-state index in [1.165, 1.54) is 0 Å². The van der Waals surface area contributed by atoms with E-state index in [0.717, 1.165) is 18.4 Å². The maximum Gasteiger partial charge on any atom is 0.179 e. The monoisotopic (exact) mass is 237 g/mol. The first-order chi connectivity index (χ1) is 7.68. The minimum absolute atomic E-state index is 0.406. The van der Waals surface area contributed by atoms with Crippen molar-refractivity contribution in [2.45, 2.75) is 18.3 Å². The van der Waals surface area contributed by atoms with Gasteiger partial charge in [-0.05, 0) is 24.5 Å². The van der Waals surface area contributed by atoms with Gasteiger partial charge in [0.05, 0.1) is 30.7 Å². The van der Waals surface area contributed by atoms with Crippen LogP contribution in [0.3, 0.4) is 0 Å². The van der Waals surface area contributed by atoms with Crippen LogP contribution >= 0.6 is 11.6 Å². The van der Waals surface area contributed by atoms with Crippen molar-refractivity contribution in [2.24, 2.45) is 0 Å². The molecule has 0 radical (unpaired) electrons. The molecule has 1 aliphatic carbocycles. The molecule has 3 nitrogen and oxygen atoms in total. The van der Waals surface area contributed by atoms with Crippen molar-refractivity contribution in [3.8, 4) is 17.6 Å². The summed E-state index contributed by atoms with van der Waals surface area (Å²) in [6, 6.07) is 5.95. The Morgan fingerprint density at radius 1 is 1.31 bits per heavy atom. The van der Waals surface area contributed by atoms with E-state index in [1.807, 2.05) is 6.07 Å². The van der Waals surface area contributed by atoms with Gasteiger partial charge in [-0.2, -0.15) is 5.26 Å². The lowest BCUT2D eigenvalue weighted by Gasteiger charge is -2.14. The van der Waals surface area contributed by atoms with Crippen LogP contribution in [0.5, 0.6) is 11.5 Å². The normalized spacial score (nSPS) is 16.4. The van der Waals surface area contributed by atoms with E-state index in [2.05, 4.69) is 6.07 Å². The number of benzene rings is 1. The molecule has 16 heavy (non-hydrogen) atoms. The van der Waals surface area contributed by atoms with Crippen molar-refractivity contribution >= 4 is 11.6 Å². The Morgan fingerprint density at radius 3 is 2.44 bits per heavy atom. The minimum Gasteiger partial charge on any atom is -0.493 e. The highest BCUT2D eigenvalue weighted by Gasteiger charge is 2.47. The second-order valence-electron chi connectivity index (χ2n) is 3.86. The molecule has 0 saturated heterocycles. The van der Waals surface area contributed by atoms with E-state index in [-0.39, 0.29) is 0 Å². The summed E-state index contributed by atoms with van der Waals surface area (Å²) in [6.07, 6.45) is 1.72. The van der Waals surface area contributed by atoms with Gasteiger partial charge < -0.3 is 9.47 Å². The summed E-state index contributed by atoms with van der Waals surface area (Å²) in [5, 5.41) is 9.63. The third kappa shape index (κ3) is 1.50. The summed E-state index contributed by atoms with van der Waals surface area (Å²) < 4.78 is 10.4. The second kappa shape index (κ2) is 3.88. The largest absolute Gasteiger partial charge is 0.493 e. The average molecular weight is 238 g/mol. The van der Waals surface area contributed by atoms with Crippen LogP contribution in [0.15, 0.2) is 12.1 Å². The fraction of sp³-hybridized carbons (Fsp3) is 0.417. The molecular weight excluding hydrogens is 226 g/mol. The highest BCUT2D eigenvalue weighted by molar-refractivity contribution is 6.33. The fourth-order valence-electron chi connectivity index (χ4n) is 1.83. The average Bonchev–Trinajstić information content (AvgIpc) is 3.09. The van der Waals surface area contributed by atoms with Gasteiger partial charge in [-0.25, -0.2) is 0 Å². The molecule has 0 heterocycles. The van der Waals surface area contributed by atoms with Gasteiger partial charge in [0.25, 0.3) is 0 Å². The molecule has 2 rings (SSSR count). The van der Waals surface area contributed by atoms with Crippen LogP contribution in [0.4, 0.5) is 0 Å². The Bertz CT molecular complexity index is 461. The SMILES string of the molecule is COc1ccc(C2(C#N)CC2)c(Cl)c1OC. The number of halogens is 1. The van der Waals surface area contributed by atoms with Crippen molar-refractivity contribution < 1.29 is 9.47 Å². The van der Waals surface area contributed by atoms with Crippen LogP contribution in [0.1, 0.15) is 18.4 Å². The minimum atomic E-state index is -0.406. The molecule has 0 spiro atoms. The lowest BCUT2D eigenvalue weighted by atomic mass is 9.97. The highest BCUT2D eigenvalue weighted by Crippen LogP contribution is 2.53. The molecule has 1 aliphatic rings. The predicted octanol–water partition coefficient (Wildman–Crippen LogP) is 2.91. The Labute approximate surface area is 99.5 Å². The lowest BCUT2D eigenvalue weighted by Crippen LogP contribution is -2.05.